The standard InChI is InChI=1S/C33H35ClN4O3/c1-33(2)13-12-23(27(19-33)22-6-8-24(34)9-7-22)21-37-14-16-38(17-15-37)25-10-11-26(32(39)40)31(18-25)41-30-5-3-4-29-28(30)20-35-36-29/h3-11,18,20H,12-17,19,21H2,1-2H3,(H,35,36)(H,39,40). The van der Waals surface area contributed by atoms with Gasteiger partial charge >= 0.3 is 5.97 Å². The van der Waals surface area contributed by atoms with E-state index in [0.29, 0.717) is 16.9 Å². The zero-order valence-electron chi connectivity index (χ0n) is 23.5. The minimum atomic E-state index is -1.02. The normalized spacial score (nSPS) is 17.7. The number of nitrogens with zero attached hydrogens (tertiary/aromatic N) is 3. The number of halogens is 1. The van der Waals surface area contributed by atoms with Gasteiger partial charge in [0.25, 0.3) is 0 Å². The molecule has 41 heavy (non-hydrogen) atoms. The van der Waals surface area contributed by atoms with E-state index in [4.69, 9.17) is 16.3 Å². The van der Waals surface area contributed by atoms with E-state index < -0.39 is 5.97 Å². The van der Waals surface area contributed by atoms with Crippen LogP contribution in [0.5, 0.6) is 11.5 Å². The van der Waals surface area contributed by atoms with Crippen LogP contribution in [0.2, 0.25) is 5.02 Å². The predicted molar refractivity (Wildman–Crippen MR) is 164 cm³/mol. The van der Waals surface area contributed by atoms with Gasteiger partial charge in [0, 0.05) is 49.5 Å². The molecular formula is C33H35ClN4O3. The summed E-state index contributed by atoms with van der Waals surface area (Å²) in [5.41, 5.74) is 6.52. The molecule has 2 aliphatic rings. The van der Waals surface area contributed by atoms with Gasteiger partial charge in [-0.25, -0.2) is 4.79 Å². The number of benzene rings is 3. The Morgan fingerprint density at radius 2 is 1.83 bits per heavy atom. The van der Waals surface area contributed by atoms with Crippen molar-refractivity contribution >= 4 is 39.7 Å². The minimum absolute atomic E-state index is 0.134. The van der Waals surface area contributed by atoms with E-state index in [-0.39, 0.29) is 5.56 Å². The third-order valence-electron chi connectivity index (χ3n) is 8.39. The third-order valence-corrected chi connectivity index (χ3v) is 8.64. The topological polar surface area (TPSA) is 81.7 Å². The first kappa shape index (κ1) is 27.4. The Labute approximate surface area is 245 Å². The number of aromatic amines is 1. The van der Waals surface area contributed by atoms with Gasteiger partial charge in [0.2, 0.25) is 0 Å². The van der Waals surface area contributed by atoms with Crippen LogP contribution in [0.15, 0.2) is 72.4 Å². The average molecular weight is 571 g/mol. The number of fused-ring (bicyclic) bond motifs is 1. The lowest BCUT2D eigenvalue weighted by Gasteiger charge is -2.39. The van der Waals surface area contributed by atoms with Crippen LogP contribution in [0.4, 0.5) is 5.69 Å². The summed E-state index contributed by atoms with van der Waals surface area (Å²) in [5, 5.41) is 18.4. The molecule has 0 radical (unpaired) electrons. The van der Waals surface area contributed by atoms with Crippen molar-refractivity contribution < 1.29 is 14.6 Å². The number of H-pyrrole nitrogens is 1. The van der Waals surface area contributed by atoms with Gasteiger partial charge < -0.3 is 14.7 Å². The highest BCUT2D eigenvalue weighted by Crippen LogP contribution is 2.43. The maximum atomic E-state index is 12.0. The molecule has 0 unspecified atom stereocenters. The molecule has 1 aliphatic heterocycles. The van der Waals surface area contributed by atoms with Gasteiger partial charge in [-0.05, 0) is 72.2 Å². The fourth-order valence-corrected chi connectivity index (χ4v) is 6.14. The average Bonchev–Trinajstić information content (AvgIpc) is 3.45. The molecule has 0 spiro atoms. The van der Waals surface area contributed by atoms with Crippen LogP contribution in [-0.2, 0) is 0 Å². The fraction of sp³-hybridized carbons (Fsp3) is 0.333. The second kappa shape index (κ2) is 11.2. The summed E-state index contributed by atoms with van der Waals surface area (Å²) in [5.74, 6) is -0.119. The van der Waals surface area contributed by atoms with E-state index in [1.807, 2.05) is 42.5 Å². The second-order valence-corrected chi connectivity index (χ2v) is 12.3. The summed E-state index contributed by atoms with van der Waals surface area (Å²) in [6, 6.07) is 19.3. The molecule has 0 amide bonds. The highest BCUT2D eigenvalue weighted by molar-refractivity contribution is 6.30. The summed E-state index contributed by atoms with van der Waals surface area (Å²) in [7, 11) is 0. The van der Waals surface area contributed by atoms with Gasteiger partial charge in [0.15, 0.2) is 0 Å². The maximum Gasteiger partial charge on any atom is 0.339 e. The molecule has 0 atom stereocenters. The van der Waals surface area contributed by atoms with Gasteiger partial charge in [0.05, 0.1) is 17.1 Å². The van der Waals surface area contributed by atoms with Crippen molar-refractivity contribution in [3.05, 3.63) is 88.6 Å². The lowest BCUT2D eigenvalue weighted by atomic mass is 9.72. The molecule has 8 heteroatoms. The fourth-order valence-electron chi connectivity index (χ4n) is 6.02. The predicted octanol–water partition coefficient (Wildman–Crippen LogP) is 7.49. The summed E-state index contributed by atoms with van der Waals surface area (Å²) >= 11 is 6.19. The first-order valence-corrected chi connectivity index (χ1v) is 14.5. The van der Waals surface area contributed by atoms with E-state index in [1.165, 1.54) is 23.1 Å². The number of nitrogens with one attached hydrogen (secondary N) is 1. The van der Waals surface area contributed by atoms with Crippen molar-refractivity contribution in [3.8, 4) is 11.5 Å². The molecule has 1 aliphatic carbocycles. The van der Waals surface area contributed by atoms with Crippen molar-refractivity contribution in [2.75, 3.05) is 37.6 Å². The molecule has 1 fully saturated rings. The molecule has 2 N–H and O–H groups in total. The number of piperazine rings is 1. The van der Waals surface area contributed by atoms with Crippen molar-refractivity contribution in [1.82, 2.24) is 15.1 Å². The largest absolute Gasteiger partial charge is 0.478 e. The minimum Gasteiger partial charge on any atom is -0.478 e. The van der Waals surface area contributed by atoms with Crippen molar-refractivity contribution in [1.29, 1.82) is 0 Å². The number of rotatable bonds is 7. The Balaban J connectivity index is 1.18. The van der Waals surface area contributed by atoms with E-state index in [9.17, 15) is 9.90 Å². The van der Waals surface area contributed by atoms with Gasteiger partial charge in [-0.1, -0.05) is 49.2 Å². The Kier molecular flexibility index (Phi) is 7.49. The van der Waals surface area contributed by atoms with Crippen molar-refractivity contribution in [2.45, 2.75) is 33.1 Å². The van der Waals surface area contributed by atoms with Crippen LogP contribution in [0.25, 0.3) is 16.5 Å². The third kappa shape index (κ3) is 5.97. The van der Waals surface area contributed by atoms with Crippen molar-refractivity contribution in [2.24, 2.45) is 5.41 Å². The smallest absolute Gasteiger partial charge is 0.339 e. The molecule has 4 aromatic rings. The van der Waals surface area contributed by atoms with Crippen LogP contribution < -0.4 is 9.64 Å². The van der Waals surface area contributed by atoms with Crippen LogP contribution >= 0.6 is 11.6 Å². The Bertz CT molecular complexity index is 1600. The number of hydrogen-bond acceptors (Lipinski definition) is 5. The highest BCUT2D eigenvalue weighted by atomic mass is 35.5. The van der Waals surface area contributed by atoms with Gasteiger partial charge in [0.1, 0.15) is 17.1 Å². The van der Waals surface area contributed by atoms with Crippen LogP contribution in [0.3, 0.4) is 0 Å². The number of ether oxygens (including phenoxy) is 1. The van der Waals surface area contributed by atoms with Crippen molar-refractivity contribution in [3.63, 3.8) is 0 Å². The van der Waals surface area contributed by atoms with E-state index in [2.05, 4.69) is 46.0 Å². The summed E-state index contributed by atoms with van der Waals surface area (Å²) in [6.07, 6.45) is 5.08. The number of aromatic nitrogens is 2. The number of anilines is 1. The van der Waals surface area contributed by atoms with E-state index in [1.54, 1.807) is 12.3 Å². The number of carboxylic acid groups (broad SMARTS) is 1. The molecule has 0 bridgehead atoms. The van der Waals surface area contributed by atoms with E-state index >= 15 is 0 Å². The molecule has 6 rings (SSSR count). The molecule has 3 aromatic carbocycles. The summed E-state index contributed by atoms with van der Waals surface area (Å²) in [4.78, 5) is 16.9. The Hall–Kier alpha value is -3.81. The van der Waals surface area contributed by atoms with Crippen LogP contribution in [0, 0.1) is 5.41 Å². The van der Waals surface area contributed by atoms with Gasteiger partial charge in [-0.2, -0.15) is 5.10 Å². The molecule has 1 saturated heterocycles. The van der Waals surface area contributed by atoms with E-state index in [0.717, 1.165) is 67.2 Å². The highest BCUT2D eigenvalue weighted by Gasteiger charge is 2.29. The van der Waals surface area contributed by atoms with Crippen LogP contribution in [-0.4, -0.2) is 58.9 Å². The number of hydrogen-bond donors (Lipinski definition) is 2. The first-order chi connectivity index (χ1) is 19.8. The quantitative estimate of drug-likeness (QED) is 0.239. The molecule has 2 heterocycles. The first-order valence-electron chi connectivity index (χ1n) is 14.2. The number of carbonyl (C=O) groups is 1. The SMILES string of the molecule is CC1(C)CCC(CN2CCN(c3ccc(C(=O)O)c(Oc4cccc5[nH]ncc45)c3)CC2)=C(c2ccc(Cl)cc2)C1. The maximum absolute atomic E-state index is 12.0. The molecule has 1 aromatic heterocycles. The lowest BCUT2D eigenvalue weighted by molar-refractivity contribution is 0.0694. The Morgan fingerprint density at radius 3 is 2.59 bits per heavy atom. The Morgan fingerprint density at radius 1 is 1.05 bits per heavy atom. The summed E-state index contributed by atoms with van der Waals surface area (Å²) < 4.78 is 6.18. The molecule has 7 nitrogen and oxygen atoms in total. The monoisotopic (exact) mass is 570 g/mol. The van der Waals surface area contributed by atoms with Gasteiger partial charge in [-0.3, -0.25) is 10.00 Å². The number of carboxylic acids is 1. The second-order valence-electron chi connectivity index (χ2n) is 11.9. The van der Waals surface area contributed by atoms with Crippen LogP contribution in [0.1, 0.15) is 49.0 Å². The number of allylic oxidation sites excluding steroid dienone is 1. The zero-order valence-corrected chi connectivity index (χ0v) is 24.2. The molecular weight excluding hydrogens is 536 g/mol. The lowest BCUT2D eigenvalue weighted by Crippen LogP contribution is -2.47. The number of aromatic carboxylic acids is 1. The van der Waals surface area contributed by atoms with Gasteiger partial charge in [-0.15, -0.1) is 0 Å². The molecule has 212 valence electrons. The molecule has 0 saturated carbocycles. The summed E-state index contributed by atoms with van der Waals surface area (Å²) in [6.45, 7) is 9.29. The zero-order chi connectivity index (χ0) is 28.6.